The van der Waals surface area contributed by atoms with E-state index in [1.165, 1.54) is 5.56 Å². The molecule has 0 unspecified atom stereocenters. The zero-order valence-corrected chi connectivity index (χ0v) is 19.5. The van der Waals surface area contributed by atoms with Gasteiger partial charge in [0.2, 0.25) is 6.79 Å². The minimum atomic E-state index is -3.76. The fourth-order valence-corrected chi connectivity index (χ4v) is 6.61. The van der Waals surface area contributed by atoms with Gasteiger partial charge in [0.25, 0.3) is 10.0 Å². The van der Waals surface area contributed by atoms with Crippen LogP contribution in [0.2, 0.25) is 0 Å². The van der Waals surface area contributed by atoms with Gasteiger partial charge in [-0.25, -0.2) is 8.42 Å². The Kier molecular flexibility index (Phi) is 6.00. The van der Waals surface area contributed by atoms with Gasteiger partial charge in [-0.3, -0.25) is 9.21 Å². The molecule has 3 aromatic carbocycles. The third-order valence-corrected chi connectivity index (χ3v) is 8.42. The number of hydrogen-bond donors (Lipinski definition) is 0. The largest absolute Gasteiger partial charge is 0.454 e. The van der Waals surface area contributed by atoms with Crippen LogP contribution in [0, 0.1) is 6.92 Å². The molecular weight excluding hydrogens is 436 g/mol. The van der Waals surface area contributed by atoms with Gasteiger partial charge in [-0.15, -0.1) is 0 Å². The molecule has 0 saturated carbocycles. The number of rotatable bonds is 6. The number of ether oxygens (including phenoxy) is 2. The Morgan fingerprint density at radius 1 is 0.909 bits per heavy atom. The topological polar surface area (TPSA) is 59.1 Å². The summed E-state index contributed by atoms with van der Waals surface area (Å²) in [6.45, 7) is 4.55. The predicted molar refractivity (Wildman–Crippen MR) is 128 cm³/mol. The number of benzene rings is 3. The maximum atomic E-state index is 14.0. The van der Waals surface area contributed by atoms with Gasteiger partial charge in [0, 0.05) is 31.7 Å². The summed E-state index contributed by atoms with van der Waals surface area (Å²) in [6.07, 6.45) is 1.51. The molecule has 6 nitrogen and oxygen atoms in total. The molecule has 2 aliphatic rings. The number of piperidine rings is 1. The summed E-state index contributed by atoms with van der Waals surface area (Å²) in [5, 5.41) is 0. The number of sulfonamides is 1. The summed E-state index contributed by atoms with van der Waals surface area (Å²) >= 11 is 0. The van der Waals surface area contributed by atoms with Gasteiger partial charge in [0.15, 0.2) is 11.5 Å². The first kappa shape index (κ1) is 21.8. The Labute approximate surface area is 195 Å². The molecular formula is C26H28N2O4S. The van der Waals surface area contributed by atoms with Crippen molar-refractivity contribution in [1.29, 1.82) is 0 Å². The average molecular weight is 465 g/mol. The number of hydrogen-bond acceptors (Lipinski definition) is 5. The second kappa shape index (κ2) is 9.08. The molecule has 5 rings (SSSR count). The third kappa shape index (κ3) is 4.43. The molecule has 0 N–H and O–H groups in total. The number of nitrogens with zero attached hydrogens (tertiary/aromatic N) is 2. The van der Waals surface area contributed by atoms with Gasteiger partial charge >= 0.3 is 0 Å². The van der Waals surface area contributed by atoms with Crippen LogP contribution in [-0.2, 0) is 16.6 Å². The van der Waals surface area contributed by atoms with Crippen molar-refractivity contribution in [2.75, 3.05) is 24.2 Å². The van der Waals surface area contributed by atoms with E-state index in [2.05, 4.69) is 29.2 Å². The summed E-state index contributed by atoms with van der Waals surface area (Å²) in [6, 6.07) is 22.8. The van der Waals surface area contributed by atoms with Crippen LogP contribution in [-0.4, -0.2) is 39.2 Å². The second-order valence-electron chi connectivity index (χ2n) is 8.60. The van der Waals surface area contributed by atoms with Crippen molar-refractivity contribution >= 4 is 15.7 Å². The van der Waals surface area contributed by atoms with Crippen LogP contribution < -0.4 is 13.8 Å². The summed E-state index contributed by atoms with van der Waals surface area (Å²) in [7, 11) is -3.76. The van der Waals surface area contributed by atoms with Crippen LogP contribution in [0.1, 0.15) is 24.0 Å². The zero-order chi connectivity index (χ0) is 22.8. The first-order valence-corrected chi connectivity index (χ1v) is 12.7. The maximum Gasteiger partial charge on any atom is 0.264 e. The van der Waals surface area contributed by atoms with Crippen LogP contribution in [0.25, 0.3) is 0 Å². The predicted octanol–water partition coefficient (Wildman–Crippen LogP) is 4.58. The average Bonchev–Trinajstić information content (AvgIpc) is 3.29. The zero-order valence-electron chi connectivity index (χ0n) is 18.7. The lowest BCUT2D eigenvalue weighted by Crippen LogP contribution is -2.47. The van der Waals surface area contributed by atoms with Gasteiger partial charge in [-0.2, -0.15) is 0 Å². The number of aryl methyl sites for hydroxylation is 1. The Balaban J connectivity index is 1.44. The van der Waals surface area contributed by atoms with Crippen molar-refractivity contribution in [3.63, 3.8) is 0 Å². The molecule has 7 heteroatoms. The van der Waals surface area contributed by atoms with Gasteiger partial charge in [0.1, 0.15) is 0 Å². The van der Waals surface area contributed by atoms with E-state index in [1.54, 1.807) is 28.6 Å². The van der Waals surface area contributed by atoms with Gasteiger partial charge in [0.05, 0.1) is 10.6 Å². The molecule has 1 fully saturated rings. The molecule has 0 amide bonds. The van der Waals surface area contributed by atoms with E-state index < -0.39 is 10.0 Å². The van der Waals surface area contributed by atoms with E-state index in [0.29, 0.717) is 22.1 Å². The lowest BCUT2D eigenvalue weighted by Gasteiger charge is -2.39. The Morgan fingerprint density at radius 2 is 1.61 bits per heavy atom. The molecule has 0 bridgehead atoms. The van der Waals surface area contributed by atoms with Crippen molar-refractivity contribution in [2.24, 2.45) is 0 Å². The molecule has 2 heterocycles. The van der Waals surface area contributed by atoms with E-state index in [1.807, 2.05) is 31.2 Å². The first-order chi connectivity index (χ1) is 16.0. The van der Waals surface area contributed by atoms with Crippen molar-refractivity contribution < 1.29 is 17.9 Å². The molecule has 0 aromatic heterocycles. The Bertz CT molecular complexity index is 1220. The lowest BCUT2D eigenvalue weighted by molar-refractivity contribution is 0.174. The molecule has 172 valence electrons. The SMILES string of the molecule is Cc1ccccc1S(=O)(=O)N(c1ccc2c(c1)OCO2)C1CCN(Cc2ccccc2)CC1. The quantitative estimate of drug-likeness (QED) is 0.534. The molecule has 2 aliphatic heterocycles. The number of anilines is 1. The first-order valence-electron chi connectivity index (χ1n) is 11.3. The summed E-state index contributed by atoms with van der Waals surface area (Å²) in [5.41, 5.74) is 2.63. The summed E-state index contributed by atoms with van der Waals surface area (Å²) in [4.78, 5) is 2.73. The molecule has 0 atom stereocenters. The lowest BCUT2D eigenvalue weighted by atomic mass is 10.0. The maximum absolute atomic E-state index is 14.0. The standard InChI is InChI=1S/C26H28N2O4S/c1-20-7-5-6-10-26(20)33(29,30)28(23-11-12-24-25(17-23)32-19-31-24)22-13-15-27(16-14-22)18-21-8-3-2-4-9-21/h2-12,17,22H,13-16,18-19H2,1H3. The normalized spacial score (nSPS) is 16.6. The van der Waals surface area contributed by atoms with Gasteiger partial charge < -0.3 is 9.47 Å². The van der Waals surface area contributed by atoms with Crippen LogP contribution in [0.5, 0.6) is 11.5 Å². The van der Waals surface area contributed by atoms with E-state index in [0.717, 1.165) is 38.0 Å². The second-order valence-corrected chi connectivity index (χ2v) is 10.4. The monoisotopic (exact) mass is 464 g/mol. The van der Waals surface area contributed by atoms with Gasteiger partial charge in [-0.1, -0.05) is 48.5 Å². The number of likely N-dealkylation sites (tertiary alicyclic amines) is 1. The Morgan fingerprint density at radius 3 is 2.36 bits per heavy atom. The minimum absolute atomic E-state index is 0.137. The highest BCUT2D eigenvalue weighted by Crippen LogP contribution is 2.39. The molecule has 0 spiro atoms. The van der Waals surface area contributed by atoms with Gasteiger partial charge in [-0.05, 0) is 49.1 Å². The molecule has 33 heavy (non-hydrogen) atoms. The highest BCUT2D eigenvalue weighted by atomic mass is 32.2. The Hall–Kier alpha value is -3.03. The molecule has 3 aromatic rings. The van der Waals surface area contributed by atoms with Crippen LogP contribution in [0.15, 0.2) is 77.7 Å². The number of fused-ring (bicyclic) bond motifs is 1. The van der Waals surface area contributed by atoms with E-state index >= 15 is 0 Å². The van der Waals surface area contributed by atoms with Crippen LogP contribution >= 0.6 is 0 Å². The molecule has 1 saturated heterocycles. The molecule has 0 radical (unpaired) electrons. The summed E-state index contributed by atoms with van der Waals surface area (Å²) in [5.74, 6) is 1.23. The smallest absolute Gasteiger partial charge is 0.264 e. The highest BCUT2D eigenvalue weighted by Gasteiger charge is 2.35. The van der Waals surface area contributed by atoms with Crippen molar-refractivity contribution in [3.05, 3.63) is 83.9 Å². The van der Waals surface area contributed by atoms with Crippen LogP contribution in [0.3, 0.4) is 0 Å². The van der Waals surface area contributed by atoms with Crippen molar-refractivity contribution in [2.45, 2.75) is 37.2 Å². The summed E-state index contributed by atoms with van der Waals surface area (Å²) < 4.78 is 40.5. The van der Waals surface area contributed by atoms with E-state index in [4.69, 9.17) is 9.47 Å². The van der Waals surface area contributed by atoms with Crippen LogP contribution in [0.4, 0.5) is 5.69 Å². The molecule has 0 aliphatic carbocycles. The van der Waals surface area contributed by atoms with Crippen molar-refractivity contribution in [1.82, 2.24) is 4.90 Å². The fraction of sp³-hybridized carbons (Fsp3) is 0.308. The highest BCUT2D eigenvalue weighted by molar-refractivity contribution is 7.93. The third-order valence-electron chi connectivity index (χ3n) is 6.38. The minimum Gasteiger partial charge on any atom is -0.454 e. The van der Waals surface area contributed by atoms with E-state index in [9.17, 15) is 8.42 Å². The van der Waals surface area contributed by atoms with E-state index in [-0.39, 0.29) is 12.8 Å². The fourth-order valence-electron chi connectivity index (χ4n) is 4.67. The van der Waals surface area contributed by atoms with Crippen molar-refractivity contribution in [3.8, 4) is 11.5 Å².